The third kappa shape index (κ3) is 8.69. The first kappa shape index (κ1) is 17.9. The van der Waals surface area contributed by atoms with Crippen LogP contribution in [0.4, 0.5) is 0 Å². The first-order valence-corrected chi connectivity index (χ1v) is 8.01. The Labute approximate surface area is 129 Å². The van der Waals surface area contributed by atoms with Crippen LogP contribution in [0, 0.1) is 17.8 Å². The second kappa shape index (κ2) is 10.6. The molecule has 0 amide bonds. The molecule has 118 valence electrons. The Morgan fingerprint density at radius 2 is 1.76 bits per heavy atom. The molecule has 0 heterocycles. The van der Waals surface area contributed by atoms with E-state index in [0.29, 0.717) is 24.4 Å². The number of hydrogen-bond acceptors (Lipinski definition) is 2. The molecular weight excluding hydrogens is 260 g/mol. The van der Waals surface area contributed by atoms with Gasteiger partial charge in [-0.3, -0.25) is 0 Å². The van der Waals surface area contributed by atoms with Crippen LogP contribution >= 0.6 is 0 Å². The fourth-order valence-corrected chi connectivity index (χ4v) is 2.81. The maximum Gasteiger partial charge on any atom is 0.0717 e. The van der Waals surface area contributed by atoms with Crippen molar-refractivity contribution >= 4 is 0 Å². The minimum Gasteiger partial charge on any atom is -0.392 e. The van der Waals surface area contributed by atoms with Crippen LogP contribution in [0.5, 0.6) is 0 Å². The molecule has 0 saturated heterocycles. The predicted octanol–water partition coefficient (Wildman–Crippen LogP) is 4.44. The van der Waals surface area contributed by atoms with Crippen LogP contribution in [-0.2, 0) is 11.3 Å². The van der Waals surface area contributed by atoms with E-state index in [0.717, 1.165) is 6.61 Å². The van der Waals surface area contributed by atoms with Gasteiger partial charge in [-0.1, -0.05) is 63.3 Å². The molecule has 0 aliphatic heterocycles. The number of allylic oxidation sites excluding steroid dienone is 1. The summed E-state index contributed by atoms with van der Waals surface area (Å²) in [4.78, 5) is 0. The molecule has 0 spiro atoms. The highest BCUT2D eigenvalue weighted by Crippen LogP contribution is 2.21. The van der Waals surface area contributed by atoms with Crippen LogP contribution in [0.3, 0.4) is 0 Å². The Morgan fingerprint density at radius 1 is 1.05 bits per heavy atom. The summed E-state index contributed by atoms with van der Waals surface area (Å²) in [6.45, 7) is 8.43. The lowest BCUT2D eigenvalue weighted by Crippen LogP contribution is -2.12. The number of hydrogen-bond donors (Lipinski definition) is 1. The highest BCUT2D eigenvalue weighted by Gasteiger charge is 2.11. The molecule has 0 aromatic heterocycles. The summed E-state index contributed by atoms with van der Waals surface area (Å²) >= 11 is 0. The zero-order valence-corrected chi connectivity index (χ0v) is 13.7. The molecule has 3 atom stereocenters. The van der Waals surface area contributed by atoms with Gasteiger partial charge in [0.25, 0.3) is 0 Å². The van der Waals surface area contributed by atoms with Crippen molar-refractivity contribution in [3.63, 3.8) is 0 Å². The fourth-order valence-electron chi connectivity index (χ4n) is 2.81. The van der Waals surface area contributed by atoms with Gasteiger partial charge in [0.2, 0.25) is 0 Å². The van der Waals surface area contributed by atoms with E-state index >= 15 is 0 Å². The fraction of sp³-hybridized carbons (Fsp3) is 0.579. The van der Waals surface area contributed by atoms with E-state index in [1.807, 2.05) is 24.3 Å². The maximum absolute atomic E-state index is 8.78. The molecule has 1 rings (SSSR count). The Balaban J connectivity index is 2.17. The number of aliphatic hydroxyl groups is 1. The third-order valence-corrected chi connectivity index (χ3v) is 3.66. The molecule has 2 heteroatoms. The van der Waals surface area contributed by atoms with E-state index in [9.17, 15) is 0 Å². The summed E-state index contributed by atoms with van der Waals surface area (Å²) in [5.74, 6) is 1.79. The molecule has 1 aromatic rings. The van der Waals surface area contributed by atoms with Gasteiger partial charge in [-0.25, -0.2) is 0 Å². The molecule has 0 unspecified atom stereocenters. The second-order valence-corrected chi connectivity index (χ2v) is 6.27. The Bertz CT molecular complexity index is 386. The molecule has 0 fully saturated rings. The van der Waals surface area contributed by atoms with Crippen LogP contribution in [0.25, 0.3) is 0 Å². The normalized spacial score (nSPS) is 16.0. The van der Waals surface area contributed by atoms with E-state index in [1.54, 1.807) is 0 Å². The second-order valence-electron chi connectivity index (χ2n) is 6.27. The average molecular weight is 290 g/mol. The van der Waals surface area contributed by atoms with Crippen molar-refractivity contribution in [1.82, 2.24) is 0 Å². The van der Waals surface area contributed by atoms with E-state index < -0.39 is 0 Å². The van der Waals surface area contributed by atoms with Crippen LogP contribution in [-0.4, -0.2) is 18.3 Å². The maximum atomic E-state index is 8.78. The molecule has 0 aliphatic rings. The van der Waals surface area contributed by atoms with Gasteiger partial charge < -0.3 is 9.84 Å². The van der Waals surface area contributed by atoms with Crippen molar-refractivity contribution in [2.45, 2.75) is 40.2 Å². The van der Waals surface area contributed by atoms with Gasteiger partial charge in [0.1, 0.15) is 0 Å². The molecule has 0 saturated carbocycles. The summed E-state index contributed by atoms with van der Waals surface area (Å²) in [5, 5.41) is 8.78. The molecule has 0 radical (unpaired) electrons. The average Bonchev–Trinajstić information content (AvgIpc) is 2.46. The summed E-state index contributed by atoms with van der Waals surface area (Å²) < 4.78 is 5.81. The smallest absolute Gasteiger partial charge is 0.0717 e. The lowest BCUT2D eigenvalue weighted by atomic mass is 9.89. The van der Waals surface area contributed by atoms with Crippen LogP contribution in [0.15, 0.2) is 42.5 Å². The standard InChI is InChI=1S/C19H30O2/c1-16(8-7-11-20)12-17(2)13-18(3)14-21-15-19-9-5-4-6-10-19/h4-10,16-18,20H,11-15H2,1-3H3/b8-7+/t16-,17-,18-/m0/s1. The van der Waals surface area contributed by atoms with Gasteiger partial charge in [-0.05, 0) is 36.2 Å². The SMILES string of the molecule is C[C@H](COCc1ccccc1)C[C@@H](C)C[C@@H](C)/C=C/CO. The molecule has 1 aromatic carbocycles. The van der Waals surface area contributed by atoms with Gasteiger partial charge in [-0.2, -0.15) is 0 Å². The largest absolute Gasteiger partial charge is 0.392 e. The number of benzene rings is 1. The first-order valence-electron chi connectivity index (χ1n) is 8.01. The Hall–Kier alpha value is -1.12. The number of aliphatic hydroxyl groups excluding tert-OH is 1. The highest BCUT2D eigenvalue weighted by atomic mass is 16.5. The number of rotatable bonds is 10. The van der Waals surface area contributed by atoms with Crippen LogP contribution < -0.4 is 0 Å². The summed E-state index contributed by atoms with van der Waals surface area (Å²) in [6, 6.07) is 10.3. The molecule has 0 aliphatic carbocycles. The van der Waals surface area contributed by atoms with Gasteiger partial charge in [-0.15, -0.1) is 0 Å². The summed E-state index contributed by atoms with van der Waals surface area (Å²) in [5.41, 5.74) is 1.24. The van der Waals surface area contributed by atoms with Gasteiger partial charge in [0.15, 0.2) is 0 Å². The van der Waals surface area contributed by atoms with Crippen molar-refractivity contribution in [2.24, 2.45) is 17.8 Å². The van der Waals surface area contributed by atoms with E-state index in [-0.39, 0.29) is 6.61 Å². The minimum absolute atomic E-state index is 0.141. The lowest BCUT2D eigenvalue weighted by molar-refractivity contribution is 0.0838. The molecule has 0 bridgehead atoms. The monoisotopic (exact) mass is 290 g/mol. The van der Waals surface area contributed by atoms with E-state index in [4.69, 9.17) is 9.84 Å². The quantitative estimate of drug-likeness (QED) is 0.645. The molecule has 2 nitrogen and oxygen atoms in total. The minimum atomic E-state index is 0.141. The first-order chi connectivity index (χ1) is 10.1. The third-order valence-electron chi connectivity index (χ3n) is 3.66. The highest BCUT2D eigenvalue weighted by molar-refractivity contribution is 5.13. The predicted molar refractivity (Wildman–Crippen MR) is 89.0 cm³/mol. The van der Waals surface area contributed by atoms with Crippen LogP contribution in [0.1, 0.15) is 39.2 Å². The summed E-state index contributed by atoms with van der Waals surface area (Å²) in [6.07, 6.45) is 6.29. The molecule has 21 heavy (non-hydrogen) atoms. The zero-order valence-electron chi connectivity index (χ0n) is 13.7. The van der Waals surface area contributed by atoms with Crippen LogP contribution in [0.2, 0.25) is 0 Å². The lowest BCUT2D eigenvalue weighted by Gasteiger charge is -2.19. The van der Waals surface area contributed by atoms with Crippen molar-refractivity contribution in [1.29, 1.82) is 0 Å². The van der Waals surface area contributed by atoms with Crippen molar-refractivity contribution < 1.29 is 9.84 Å². The van der Waals surface area contributed by atoms with Gasteiger partial charge in [0.05, 0.1) is 13.2 Å². The van der Waals surface area contributed by atoms with Crippen molar-refractivity contribution in [3.8, 4) is 0 Å². The van der Waals surface area contributed by atoms with Gasteiger partial charge >= 0.3 is 0 Å². The van der Waals surface area contributed by atoms with E-state index in [2.05, 4.69) is 39.0 Å². The number of ether oxygens (including phenoxy) is 1. The van der Waals surface area contributed by atoms with Crippen molar-refractivity contribution in [3.05, 3.63) is 48.0 Å². The van der Waals surface area contributed by atoms with E-state index in [1.165, 1.54) is 18.4 Å². The van der Waals surface area contributed by atoms with Crippen molar-refractivity contribution in [2.75, 3.05) is 13.2 Å². The topological polar surface area (TPSA) is 29.5 Å². The zero-order chi connectivity index (χ0) is 15.5. The molecule has 1 N–H and O–H groups in total. The Morgan fingerprint density at radius 3 is 2.43 bits per heavy atom. The Kier molecular flexibility index (Phi) is 9.04. The molecular formula is C19H30O2. The van der Waals surface area contributed by atoms with Gasteiger partial charge in [0, 0.05) is 6.61 Å². The summed E-state index contributed by atoms with van der Waals surface area (Å²) in [7, 11) is 0.